The van der Waals surface area contributed by atoms with Crippen LogP contribution in [-0.4, -0.2) is 18.8 Å². The first-order valence-electron chi connectivity index (χ1n) is 8.16. The highest BCUT2D eigenvalue weighted by Crippen LogP contribution is 2.36. The van der Waals surface area contributed by atoms with Gasteiger partial charge in [-0.05, 0) is 50.3 Å². The molecule has 2 unspecified atom stereocenters. The van der Waals surface area contributed by atoms with Gasteiger partial charge in [0, 0.05) is 6.61 Å². The van der Waals surface area contributed by atoms with Gasteiger partial charge in [0.1, 0.15) is 0 Å². The van der Waals surface area contributed by atoms with E-state index in [0.717, 1.165) is 26.0 Å². The van der Waals surface area contributed by atoms with E-state index in [1.165, 1.54) is 30.4 Å². The average molecular weight is 275 g/mol. The van der Waals surface area contributed by atoms with Gasteiger partial charge in [0.15, 0.2) is 0 Å². The first-order valence-corrected chi connectivity index (χ1v) is 8.16. The molecule has 1 saturated heterocycles. The van der Waals surface area contributed by atoms with Crippen LogP contribution in [0.25, 0.3) is 0 Å². The van der Waals surface area contributed by atoms with Crippen LogP contribution in [0.1, 0.15) is 63.6 Å². The van der Waals surface area contributed by atoms with Gasteiger partial charge in [-0.25, -0.2) is 0 Å². The molecule has 0 aliphatic carbocycles. The van der Waals surface area contributed by atoms with E-state index in [2.05, 4.69) is 50.4 Å². The smallest absolute Gasteiger partial charge is 0.0848 e. The van der Waals surface area contributed by atoms with E-state index >= 15 is 0 Å². The third-order valence-corrected chi connectivity index (χ3v) is 4.34. The standard InChI is InChI=1S/C18H29NO/c1-4-9-15-10-8-11-16(14-15)17(19-5-2)18(3)12-6-7-13-20-18/h8,10-11,14,17,19H,4-7,9,12-13H2,1-3H3. The van der Waals surface area contributed by atoms with Crippen molar-refractivity contribution < 1.29 is 4.74 Å². The quantitative estimate of drug-likeness (QED) is 0.838. The molecule has 0 radical (unpaired) electrons. The number of nitrogens with one attached hydrogen (secondary N) is 1. The third-order valence-electron chi connectivity index (χ3n) is 4.34. The molecule has 1 aliphatic heterocycles. The van der Waals surface area contributed by atoms with Crippen LogP contribution in [0, 0.1) is 0 Å². The molecule has 0 saturated carbocycles. The molecule has 0 spiro atoms. The number of hydrogen-bond donors (Lipinski definition) is 1. The van der Waals surface area contributed by atoms with Crippen LogP contribution in [0.15, 0.2) is 24.3 Å². The molecule has 20 heavy (non-hydrogen) atoms. The van der Waals surface area contributed by atoms with Gasteiger partial charge < -0.3 is 10.1 Å². The fourth-order valence-electron chi connectivity index (χ4n) is 3.29. The van der Waals surface area contributed by atoms with Crippen molar-refractivity contribution in [2.45, 2.75) is 64.5 Å². The summed E-state index contributed by atoms with van der Waals surface area (Å²) in [7, 11) is 0. The monoisotopic (exact) mass is 275 g/mol. The van der Waals surface area contributed by atoms with Gasteiger partial charge in [0.25, 0.3) is 0 Å². The number of aryl methyl sites for hydroxylation is 1. The Hall–Kier alpha value is -0.860. The molecule has 1 fully saturated rings. The second-order valence-corrected chi connectivity index (χ2v) is 6.10. The van der Waals surface area contributed by atoms with Gasteiger partial charge in [-0.1, -0.05) is 44.5 Å². The molecule has 0 aromatic heterocycles. The van der Waals surface area contributed by atoms with E-state index in [0.29, 0.717) is 6.04 Å². The topological polar surface area (TPSA) is 21.3 Å². The summed E-state index contributed by atoms with van der Waals surface area (Å²) in [5.74, 6) is 0. The Kier molecular flexibility index (Phi) is 5.62. The summed E-state index contributed by atoms with van der Waals surface area (Å²) in [5.41, 5.74) is 2.74. The summed E-state index contributed by atoms with van der Waals surface area (Å²) in [6.07, 6.45) is 5.97. The normalized spacial score (nSPS) is 24.6. The molecule has 0 bridgehead atoms. The van der Waals surface area contributed by atoms with E-state index in [9.17, 15) is 0 Å². The van der Waals surface area contributed by atoms with Crippen LogP contribution < -0.4 is 5.32 Å². The maximum absolute atomic E-state index is 6.17. The van der Waals surface area contributed by atoms with Crippen LogP contribution >= 0.6 is 0 Å². The highest BCUT2D eigenvalue weighted by Gasteiger charge is 2.37. The predicted octanol–water partition coefficient (Wildman–Crippen LogP) is 4.25. The summed E-state index contributed by atoms with van der Waals surface area (Å²) in [5, 5.41) is 3.65. The molecule has 2 heteroatoms. The maximum atomic E-state index is 6.17. The van der Waals surface area contributed by atoms with Gasteiger partial charge in [-0.3, -0.25) is 0 Å². The van der Waals surface area contributed by atoms with Crippen LogP contribution in [0.4, 0.5) is 0 Å². The summed E-state index contributed by atoms with van der Waals surface area (Å²) in [6, 6.07) is 9.33. The Morgan fingerprint density at radius 2 is 2.15 bits per heavy atom. The lowest BCUT2D eigenvalue weighted by molar-refractivity contribution is -0.0895. The Bertz CT molecular complexity index is 410. The lowest BCUT2D eigenvalue weighted by atomic mass is 9.83. The molecule has 1 aromatic rings. The molecule has 112 valence electrons. The van der Waals surface area contributed by atoms with Crippen molar-refractivity contribution in [1.29, 1.82) is 0 Å². The minimum atomic E-state index is -0.0703. The highest BCUT2D eigenvalue weighted by atomic mass is 16.5. The van der Waals surface area contributed by atoms with Crippen molar-refractivity contribution >= 4 is 0 Å². The minimum absolute atomic E-state index is 0.0703. The van der Waals surface area contributed by atoms with Crippen molar-refractivity contribution in [3.05, 3.63) is 35.4 Å². The lowest BCUT2D eigenvalue weighted by Crippen LogP contribution is -2.45. The number of likely N-dealkylation sites (N-methyl/N-ethyl adjacent to an activating group) is 1. The molecule has 1 aromatic carbocycles. The van der Waals surface area contributed by atoms with Gasteiger partial charge in [0.2, 0.25) is 0 Å². The zero-order valence-corrected chi connectivity index (χ0v) is 13.2. The van der Waals surface area contributed by atoms with E-state index < -0.39 is 0 Å². The molecule has 0 amide bonds. The van der Waals surface area contributed by atoms with Crippen LogP contribution in [0.3, 0.4) is 0 Å². The zero-order chi connectivity index (χ0) is 14.4. The molecule has 2 nitrogen and oxygen atoms in total. The van der Waals surface area contributed by atoms with Crippen molar-refractivity contribution in [2.75, 3.05) is 13.2 Å². The number of rotatable bonds is 6. The summed E-state index contributed by atoms with van der Waals surface area (Å²) >= 11 is 0. The number of hydrogen-bond acceptors (Lipinski definition) is 2. The SMILES string of the molecule is CCCc1cccc(C(NCC)C2(C)CCCCO2)c1. The highest BCUT2D eigenvalue weighted by molar-refractivity contribution is 5.28. The summed E-state index contributed by atoms with van der Waals surface area (Å²) in [6.45, 7) is 8.55. The van der Waals surface area contributed by atoms with Crippen molar-refractivity contribution in [1.82, 2.24) is 5.32 Å². The fraction of sp³-hybridized carbons (Fsp3) is 0.667. The summed E-state index contributed by atoms with van der Waals surface area (Å²) < 4.78 is 6.17. The van der Waals surface area contributed by atoms with E-state index in [4.69, 9.17) is 4.74 Å². The average Bonchev–Trinajstić information content (AvgIpc) is 2.46. The molecular weight excluding hydrogens is 246 g/mol. The van der Waals surface area contributed by atoms with Crippen LogP contribution in [0.2, 0.25) is 0 Å². The fourth-order valence-corrected chi connectivity index (χ4v) is 3.29. The molecule has 1 N–H and O–H groups in total. The Labute approximate surface area is 123 Å². The Morgan fingerprint density at radius 1 is 1.30 bits per heavy atom. The Balaban J connectivity index is 2.25. The van der Waals surface area contributed by atoms with Crippen molar-refractivity contribution in [3.63, 3.8) is 0 Å². The van der Waals surface area contributed by atoms with Gasteiger partial charge in [0.05, 0.1) is 11.6 Å². The predicted molar refractivity (Wildman–Crippen MR) is 85.1 cm³/mol. The first-order chi connectivity index (χ1) is 9.69. The van der Waals surface area contributed by atoms with Gasteiger partial charge in [-0.15, -0.1) is 0 Å². The molecule has 2 rings (SSSR count). The maximum Gasteiger partial charge on any atom is 0.0848 e. The van der Waals surface area contributed by atoms with E-state index in [1.807, 2.05) is 0 Å². The molecule has 1 aliphatic rings. The van der Waals surface area contributed by atoms with Crippen molar-refractivity contribution in [3.8, 4) is 0 Å². The van der Waals surface area contributed by atoms with E-state index in [1.54, 1.807) is 0 Å². The largest absolute Gasteiger partial charge is 0.373 e. The molecule has 1 heterocycles. The minimum Gasteiger partial charge on any atom is -0.373 e. The number of benzene rings is 1. The third kappa shape index (κ3) is 3.62. The van der Waals surface area contributed by atoms with Gasteiger partial charge >= 0.3 is 0 Å². The lowest BCUT2D eigenvalue weighted by Gasteiger charge is -2.41. The molecule has 2 atom stereocenters. The summed E-state index contributed by atoms with van der Waals surface area (Å²) in [4.78, 5) is 0. The second kappa shape index (κ2) is 7.24. The zero-order valence-electron chi connectivity index (χ0n) is 13.2. The molecular formula is C18H29NO. The second-order valence-electron chi connectivity index (χ2n) is 6.10. The van der Waals surface area contributed by atoms with Crippen molar-refractivity contribution in [2.24, 2.45) is 0 Å². The van der Waals surface area contributed by atoms with Crippen LogP contribution in [0.5, 0.6) is 0 Å². The van der Waals surface area contributed by atoms with E-state index in [-0.39, 0.29) is 5.60 Å². The van der Waals surface area contributed by atoms with Crippen LogP contribution in [-0.2, 0) is 11.2 Å². The Morgan fingerprint density at radius 3 is 2.80 bits per heavy atom. The number of ether oxygens (including phenoxy) is 1. The van der Waals surface area contributed by atoms with Gasteiger partial charge in [-0.2, -0.15) is 0 Å². The first kappa shape index (κ1) is 15.5.